The minimum Gasteiger partial charge on any atom is -0.355 e. The summed E-state index contributed by atoms with van der Waals surface area (Å²) < 4.78 is 2.16. The fourth-order valence-corrected chi connectivity index (χ4v) is 3.18. The summed E-state index contributed by atoms with van der Waals surface area (Å²) in [7, 11) is 0. The first kappa shape index (κ1) is 13.6. The zero-order chi connectivity index (χ0) is 14.1. The van der Waals surface area contributed by atoms with E-state index in [1.807, 2.05) is 6.92 Å². The molecule has 0 saturated heterocycles. The van der Waals surface area contributed by atoms with Crippen molar-refractivity contribution >= 4 is 22.2 Å². The predicted octanol–water partition coefficient (Wildman–Crippen LogP) is 1.63. The van der Waals surface area contributed by atoms with Crippen LogP contribution >= 0.6 is 11.3 Å². The smallest absolute Gasteiger partial charge is 0.223 e. The average Bonchev–Trinajstić information content (AvgIpc) is 3.13. The molecule has 6 heteroatoms. The molecule has 0 aromatic carbocycles. The number of imidazole rings is 1. The van der Waals surface area contributed by atoms with Gasteiger partial charge < -0.3 is 10.6 Å². The minimum absolute atomic E-state index is 0.211. The van der Waals surface area contributed by atoms with Crippen LogP contribution in [0.1, 0.15) is 29.1 Å². The van der Waals surface area contributed by atoms with E-state index in [0.717, 1.165) is 36.6 Å². The number of nitrogens with zero attached hydrogens (tertiary/aromatic N) is 2. The number of thiazole rings is 1. The highest BCUT2D eigenvalue weighted by Gasteiger charge is 2.28. The summed E-state index contributed by atoms with van der Waals surface area (Å²) in [5, 5.41) is 6.33. The Morgan fingerprint density at radius 2 is 2.25 bits per heavy atom. The summed E-state index contributed by atoms with van der Waals surface area (Å²) in [6.07, 6.45) is 4.25. The fourth-order valence-electron chi connectivity index (χ4n) is 2.29. The van der Waals surface area contributed by atoms with E-state index in [-0.39, 0.29) is 5.91 Å². The van der Waals surface area contributed by atoms with Crippen molar-refractivity contribution in [2.24, 2.45) is 5.92 Å². The van der Waals surface area contributed by atoms with Gasteiger partial charge in [0.2, 0.25) is 5.91 Å². The number of aryl methyl sites for hydroxylation is 2. The molecule has 1 aliphatic carbocycles. The molecule has 0 aliphatic heterocycles. The maximum absolute atomic E-state index is 11.5. The van der Waals surface area contributed by atoms with Crippen LogP contribution < -0.4 is 10.6 Å². The second kappa shape index (κ2) is 5.54. The Labute approximate surface area is 122 Å². The van der Waals surface area contributed by atoms with Crippen LogP contribution in [-0.4, -0.2) is 28.4 Å². The summed E-state index contributed by atoms with van der Waals surface area (Å²) in [6.45, 7) is 6.40. The van der Waals surface area contributed by atoms with E-state index in [1.165, 1.54) is 10.6 Å². The maximum Gasteiger partial charge on any atom is 0.223 e. The van der Waals surface area contributed by atoms with E-state index in [4.69, 9.17) is 0 Å². The third-order valence-electron chi connectivity index (χ3n) is 3.58. The maximum atomic E-state index is 11.5. The van der Waals surface area contributed by atoms with Gasteiger partial charge in [0, 0.05) is 36.6 Å². The molecule has 1 aliphatic rings. The Morgan fingerprint density at radius 1 is 1.45 bits per heavy atom. The SMILES string of the molecule is Cc1cn2c(CNCCNC(=O)C3CC3)c(C)nc2s1. The monoisotopic (exact) mass is 292 g/mol. The molecule has 1 amide bonds. The fraction of sp³-hybridized carbons (Fsp3) is 0.571. The van der Waals surface area contributed by atoms with Crippen LogP contribution in [0.3, 0.4) is 0 Å². The molecular formula is C14H20N4OS. The van der Waals surface area contributed by atoms with E-state index >= 15 is 0 Å². The van der Waals surface area contributed by atoms with Gasteiger partial charge in [-0.1, -0.05) is 0 Å². The van der Waals surface area contributed by atoms with Crippen LogP contribution in [0.5, 0.6) is 0 Å². The molecule has 0 bridgehead atoms. The molecule has 0 unspecified atom stereocenters. The summed E-state index contributed by atoms with van der Waals surface area (Å²) in [4.78, 5) is 18.4. The number of hydrogen-bond acceptors (Lipinski definition) is 4. The van der Waals surface area contributed by atoms with Crippen LogP contribution in [0, 0.1) is 19.8 Å². The van der Waals surface area contributed by atoms with Crippen molar-refractivity contribution in [1.29, 1.82) is 0 Å². The molecule has 0 spiro atoms. The van der Waals surface area contributed by atoms with Gasteiger partial charge in [0.1, 0.15) is 0 Å². The first-order chi connectivity index (χ1) is 9.65. The van der Waals surface area contributed by atoms with Crippen molar-refractivity contribution in [3.8, 4) is 0 Å². The number of fused-ring (bicyclic) bond motifs is 1. The molecule has 20 heavy (non-hydrogen) atoms. The minimum atomic E-state index is 0.211. The molecule has 3 rings (SSSR count). The van der Waals surface area contributed by atoms with Crippen molar-refractivity contribution < 1.29 is 4.79 Å². The van der Waals surface area contributed by atoms with Gasteiger partial charge in [0.25, 0.3) is 0 Å². The molecule has 1 fully saturated rings. The van der Waals surface area contributed by atoms with Gasteiger partial charge >= 0.3 is 0 Å². The molecule has 2 aromatic heterocycles. The molecule has 0 radical (unpaired) electrons. The van der Waals surface area contributed by atoms with Crippen molar-refractivity contribution in [3.05, 3.63) is 22.5 Å². The lowest BCUT2D eigenvalue weighted by Crippen LogP contribution is -2.32. The molecule has 108 valence electrons. The quantitative estimate of drug-likeness (QED) is 0.796. The number of carbonyl (C=O) groups is 1. The number of rotatable bonds is 6. The molecule has 2 heterocycles. The van der Waals surface area contributed by atoms with Crippen molar-refractivity contribution in [2.75, 3.05) is 13.1 Å². The van der Waals surface area contributed by atoms with Crippen LogP contribution in [0.4, 0.5) is 0 Å². The molecule has 0 atom stereocenters. The normalized spacial score (nSPS) is 14.9. The summed E-state index contributed by atoms with van der Waals surface area (Å²) in [6, 6.07) is 0. The molecule has 2 N–H and O–H groups in total. The Morgan fingerprint density at radius 3 is 3.00 bits per heavy atom. The van der Waals surface area contributed by atoms with Crippen LogP contribution in [0.15, 0.2) is 6.20 Å². The predicted molar refractivity (Wildman–Crippen MR) is 80.0 cm³/mol. The highest BCUT2D eigenvalue weighted by Crippen LogP contribution is 2.28. The van der Waals surface area contributed by atoms with Gasteiger partial charge in [-0.2, -0.15) is 0 Å². The first-order valence-corrected chi connectivity index (χ1v) is 7.89. The second-order valence-electron chi connectivity index (χ2n) is 5.38. The third kappa shape index (κ3) is 2.86. The Hall–Kier alpha value is -1.40. The zero-order valence-electron chi connectivity index (χ0n) is 11.9. The number of nitrogens with one attached hydrogen (secondary N) is 2. The van der Waals surface area contributed by atoms with Crippen LogP contribution in [0.25, 0.3) is 4.96 Å². The van der Waals surface area contributed by atoms with Gasteiger partial charge in [-0.25, -0.2) is 4.98 Å². The highest BCUT2D eigenvalue weighted by molar-refractivity contribution is 7.17. The molecular weight excluding hydrogens is 272 g/mol. The number of carbonyl (C=O) groups excluding carboxylic acids is 1. The van der Waals surface area contributed by atoms with Gasteiger partial charge in [-0.05, 0) is 26.7 Å². The van der Waals surface area contributed by atoms with Gasteiger partial charge in [-0.3, -0.25) is 9.20 Å². The number of hydrogen-bond donors (Lipinski definition) is 2. The Kier molecular flexibility index (Phi) is 3.76. The number of aromatic nitrogens is 2. The lowest BCUT2D eigenvalue weighted by molar-refractivity contribution is -0.122. The number of amides is 1. The topological polar surface area (TPSA) is 58.4 Å². The van der Waals surface area contributed by atoms with Crippen molar-refractivity contribution in [2.45, 2.75) is 33.2 Å². The standard InChI is InChI=1S/C14H20N4OS/c1-9-8-18-12(10(2)17-14(18)20-9)7-15-5-6-16-13(19)11-3-4-11/h8,11,15H,3-7H2,1-2H3,(H,16,19). The second-order valence-corrected chi connectivity index (χ2v) is 6.59. The molecule has 2 aromatic rings. The Bertz CT molecular complexity index is 626. The largest absolute Gasteiger partial charge is 0.355 e. The molecule has 1 saturated carbocycles. The van der Waals surface area contributed by atoms with E-state index < -0.39 is 0 Å². The summed E-state index contributed by atoms with van der Waals surface area (Å²) >= 11 is 1.71. The summed E-state index contributed by atoms with van der Waals surface area (Å²) in [5.41, 5.74) is 2.28. The highest BCUT2D eigenvalue weighted by atomic mass is 32.1. The van der Waals surface area contributed by atoms with E-state index in [9.17, 15) is 4.79 Å². The lowest BCUT2D eigenvalue weighted by atomic mass is 10.3. The average molecular weight is 292 g/mol. The lowest BCUT2D eigenvalue weighted by Gasteiger charge is -2.06. The van der Waals surface area contributed by atoms with Gasteiger partial charge in [-0.15, -0.1) is 11.3 Å². The van der Waals surface area contributed by atoms with Crippen LogP contribution in [0.2, 0.25) is 0 Å². The van der Waals surface area contributed by atoms with E-state index in [2.05, 4.69) is 33.1 Å². The first-order valence-electron chi connectivity index (χ1n) is 7.07. The van der Waals surface area contributed by atoms with Crippen LogP contribution in [-0.2, 0) is 11.3 Å². The van der Waals surface area contributed by atoms with Crippen molar-refractivity contribution in [3.63, 3.8) is 0 Å². The third-order valence-corrected chi connectivity index (χ3v) is 4.48. The summed E-state index contributed by atoms with van der Waals surface area (Å²) in [5.74, 6) is 0.503. The Balaban J connectivity index is 1.49. The molecule has 5 nitrogen and oxygen atoms in total. The van der Waals surface area contributed by atoms with Gasteiger partial charge in [0.15, 0.2) is 4.96 Å². The van der Waals surface area contributed by atoms with E-state index in [1.54, 1.807) is 11.3 Å². The van der Waals surface area contributed by atoms with Gasteiger partial charge in [0.05, 0.1) is 11.4 Å². The zero-order valence-corrected chi connectivity index (χ0v) is 12.7. The van der Waals surface area contributed by atoms with E-state index in [0.29, 0.717) is 12.5 Å². The van der Waals surface area contributed by atoms with Crippen molar-refractivity contribution in [1.82, 2.24) is 20.0 Å².